The van der Waals surface area contributed by atoms with Gasteiger partial charge in [-0.25, -0.2) is 4.79 Å². The lowest BCUT2D eigenvalue weighted by Crippen LogP contribution is -2.31. The molecule has 0 spiro atoms. The number of anilines is 1. The Morgan fingerprint density at radius 1 is 1.11 bits per heavy atom. The van der Waals surface area contributed by atoms with E-state index in [1.165, 1.54) is 20.3 Å². The molecule has 3 rings (SSSR count). The van der Waals surface area contributed by atoms with Gasteiger partial charge in [-0.3, -0.25) is 20.3 Å². The Morgan fingerprint density at radius 2 is 1.80 bits per heavy atom. The molecule has 9 nitrogen and oxygen atoms in total. The van der Waals surface area contributed by atoms with Crippen LogP contribution >= 0.6 is 0 Å². The van der Waals surface area contributed by atoms with Crippen molar-refractivity contribution in [2.45, 2.75) is 12.8 Å². The third kappa shape index (κ3) is 6.14. The molecule has 0 atom stereocenters. The summed E-state index contributed by atoms with van der Waals surface area (Å²) >= 11 is 0. The van der Waals surface area contributed by atoms with Crippen molar-refractivity contribution in [2.24, 2.45) is 0 Å². The van der Waals surface area contributed by atoms with Gasteiger partial charge in [-0.05, 0) is 41.8 Å². The summed E-state index contributed by atoms with van der Waals surface area (Å²) in [5, 5.41) is 10.4. The summed E-state index contributed by atoms with van der Waals surface area (Å²) in [6, 6.07) is 14.1. The highest BCUT2D eigenvalue weighted by molar-refractivity contribution is 6.29. The fraction of sp³-hybridized carbons (Fsp3) is 0.231. The highest BCUT2D eigenvalue weighted by atomic mass is 16.5. The summed E-state index contributed by atoms with van der Waals surface area (Å²) in [6.45, 7) is 3.77. The average molecular weight is 478 g/mol. The van der Waals surface area contributed by atoms with E-state index in [1.807, 2.05) is 24.3 Å². The van der Waals surface area contributed by atoms with Gasteiger partial charge in [0.15, 0.2) is 0 Å². The topological polar surface area (TPSA) is 118 Å². The number of rotatable bonds is 9. The van der Waals surface area contributed by atoms with Crippen molar-refractivity contribution in [3.8, 4) is 0 Å². The van der Waals surface area contributed by atoms with Crippen LogP contribution in [0.2, 0.25) is 0 Å². The van der Waals surface area contributed by atoms with Gasteiger partial charge in [-0.1, -0.05) is 36.9 Å². The van der Waals surface area contributed by atoms with E-state index < -0.39 is 6.09 Å². The molecule has 2 N–H and O–H groups in total. The third-order valence-corrected chi connectivity index (χ3v) is 5.40. The van der Waals surface area contributed by atoms with Crippen molar-refractivity contribution >= 4 is 35.1 Å². The third-order valence-electron chi connectivity index (χ3n) is 5.40. The Kier molecular flexibility index (Phi) is 8.39. The normalized spacial score (nSPS) is 12.9. The Balaban J connectivity index is 1.70. The minimum atomic E-state index is -0.747. The van der Waals surface area contributed by atoms with Crippen LogP contribution in [0.15, 0.2) is 66.9 Å². The van der Waals surface area contributed by atoms with Gasteiger partial charge in [0.2, 0.25) is 0 Å². The molecule has 0 saturated heterocycles. The number of carbonyl (C=O) groups is 3. The highest BCUT2D eigenvalue weighted by Gasteiger charge is 2.33. The van der Waals surface area contributed by atoms with Crippen LogP contribution in [0.1, 0.15) is 23.1 Å². The molecule has 9 heteroatoms. The fourth-order valence-electron chi connectivity index (χ4n) is 3.55. The van der Waals surface area contributed by atoms with E-state index in [0.29, 0.717) is 29.0 Å². The maximum absolute atomic E-state index is 13.3. The summed E-state index contributed by atoms with van der Waals surface area (Å²) in [5.74, 6) is -0.0643. The number of esters is 1. The predicted molar refractivity (Wildman–Crippen MR) is 131 cm³/mol. The first-order valence-electron chi connectivity index (χ1n) is 10.9. The van der Waals surface area contributed by atoms with Crippen molar-refractivity contribution in [3.05, 3.63) is 83.6 Å². The molecule has 182 valence electrons. The van der Waals surface area contributed by atoms with Gasteiger partial charge < -0.3 is 19.1 Å². The fourth-order valence-corrected chi connectivity index (χ4v) is 3.55. The van der Waals surface area contributed by atoms with Crippen molar-refractivity contribution < 1.29 is 28.6 Å². The number of benzene rings is 2. The van der Waals surface area contributed by atoms with Crippen LogP contribution in [0.4, 0.5) is 10.5 Å². The monoisotopic (exact) mass is 477 g/mol. The molecule has 0 radical (unpaired) electrons. The molecule has 1 heterocycles. The number of ether oxygens (including phenoxy) is 3. The molecule has 2 aromatic carbocycles. The number of amidine groups is 1. The molecule has 0 bridgehead atoms. The number of hydrogen-bond acceptors (Lipinski definition) is 7. The molecule has 35 heavy (non-hydrogen) atoms. The second-order valence-corrected chi connectivity index (χ2v) is 7.60. The minimum absolute atomic E-state index is 0.0442. The standard InChI is InChI=1S/C26H27N3O6/c1-4-15-35-26(32)28-24(27)19-10-12-20(13-11-19)29-16-21(33-2)23(25(29)31)18-8-5-17(6-9-18)7-14-22(30)34-3/h4-6,8-13H,1,7,14-16H2,2-3H3,(H2,27,28,32). The Bertz CT molecular complexity index is 1150. The van der Waals surface area contributed by atoms with Gasteiger partial charge in [0.1, 0.15) is 18.2 Å². The van der Waals surface area contributed by atoms with Crippen LogP contribution in [-0.2, 0) is 30.2 Å². The summed E-state index contributed by atoms with van der Waals surface area (Å²) in [5.41, 5.74) is 3.23. The smallest absolute Gasteiger partial charge is 0.413 e. The average Bonchev–Trinajstić information content (AvgIpc) is 3.22. The molecule has 0 aromatic heterocycles. The second-order valence-electron chi connectivity index (χ2n) is 7.60. The predicted octanol–water partition coefficient (Wildman–Crippen LogP) is 3.43. The number of alkyl carbamates (subject to hydrolysis) is 1. The van der Waals surface area contributed by atoms with Gasteiger partial charge in [0, 0.05) is 17.7 Å². The SMILES string of the molecule is C=CCOC(=O)NC(=N)c1ccc(N2CC(OC)=C(c3ccc(CCC(=O)OC)cc3)C2=O)cc1. The van der Waals surface area contributed by atoms with Gasteiger partial charge in [0.05, 0.1) is 26.3 Å². The molecule has 0 saturated carbocycles. The molecule has 2 amide bonds. The molecular weight excluding hydrogens is 450 g/mol. The van der Waals surface area contributed by atoms with E-state index in [-0.39, 0.29) is 37.3 Å². The van der Waals surface area contributed by atoms with E-state index in [0.717, 1.165) is 11.1 Å². The molecule has 1 aliphatic rings. The van der Waals surface area contributed by atoms with E-state index in [1.54, 1.807) is 29.2 Å². The Labute approximate surface area is 203 Å². The first-order chi connectivity index (χ1) is 16.9. The lowest BCUT2D eigenvalue weighted by molar-refractivity contribution is -0.140. The molecule has 0 aliphatic carbocycles. The maximum atomic E-state index is 13.3. The summed E-state index contributed by atoms with van der Waals surface area (Å²) in [7, 11) is 2.89. The lowest BCUT2D eigenvalue weighted by Gasteiger charge is -2.17. The zero-order valence-electron chi connectivity index (χ0n) is 19.6. The number of methoxy groups -OCH3 is 2. The van der Waals surface area contributed by atoms with E-state index in [4.69, 9.17) is 14.9 Å². The van der Waals surface area contributed by atoms with Crippen LogP contribution in [0.5, 0.6) is 0 Å². The van der Waals surface area contributed by atoms with Crippen molar-refractivity contribution in [1.82, 2.24) is 5.32 Å². The lowest BCUT2D eigenvalue weighted by atomic mass is 10.0. The van der Waals surface area contributed by atoms with Crippen molar-refractivity contribution in [1.29, 1.82) is 5.41 Å². The number of aryl methyl sites for hydroxylation is 1. The van der Waals surface area contributed by atoms with E-state index in [9.17, 15) is 14.4 Å². The van der Waals surface area contributed by atoms with Crippen LogP contribution < -0.4 is 10.2 Å². The number of hydrogen-bond donors (Lipinski definition) is 2. The molecule has 0 unspecified atom stereocenters. The largest absolute Gasteiger partial charge is 0.498 e. The first kappa shape index (κ1) is 25.2. The quantitative estimate of drug-likeness (QED) is 0.247. The molecule has 2 aromatic rings. The van der Waals surface area contributed by atoms with Gasteiger partial charge in [-0.15, -0.1) is 0 Å². The van der Waals surface area contributed by atoms with Crippen LogP contribution in [0.3, 0.4) is 0 Å². The number of nitrogens with one attached hydrogen (secondary N) is 2. The molecule has 1 aliphatic heterocycles. The Hall–Kier alpha value is -4.40. The van der Waals surface area contributed by atoms with Gasteiger partial charge in [-0.2, -0.15) is 0 Å². The van der Waals surface area contributed by atoms with Gasteiger partial charge >= 0.3 is 12.1 Å². The zero-order chi connectivity index (χ0) is 25.4. The number of carbonyl (C=O) groups excluding carboxylic acids is 3. The maximum Gasteiger partial charge on any atom is 0.413 e. The number of nitrogens with zero attached hydrogens (tertiary/aromatic N) is 1. The summed E-state index contributed by atoms with van der Waals surface area (Å²) in [4.78, 5) is 37.9. The molecule has 0 fully saturated rings. The zero-order valence-corrected chi connectivity index (χ0v) is 19.6. The highest BCUT2D eigenvalue weighted by Crippen LogP contribution is 2.32. The summed E-state index contributed by atoms with van der Waals surface area (Å²) in [6.07, 6.45) is 1.52. The van der Waals surface area contributed by atoms with Crippen LogP contribution in [-0.4, -0.2) is 51.2 Å². The second kappa shape index (κ2) is 11.6. The molecular formula is C26H27N3O6. The minimum Gasteiger partial charge on any atom is -0.498 e. The Morgan fingerprint density at radius 3 is 2.40 bits per heavy atom. The van der Waals surface area contributed by atoms with Gasteiger partial charge in [0.25, 0.3) is 5.91 Å². The first-order valence-corrected chi connectivity index (χ1v) is 10.9. The van der Waals surface area contributed by atoms with Crippen LogP contribution in [0.25, 0.3) is 5.57 Å². The van der Waals surface area contributed by atoms with Crippen LogP contribution in [0, 0.1) is 5.41 Å². The van der Waals surface area contributed by atoms with Crippen molar-refractivity contribution in [2.75, 3.05) is 32.3 Å². The van der Waals surface area contributed by atoms with E-state index in [2.05, 4.69) is 16.6 Å². The van der Waals surface area contributed by atoms with Crippen molar-refractivity contribution in [3.63, 3.8) is 0 Å². The number of amides is 2. The van der Waals surface area contributed by atoms with E-state index >= 15 is 0 Å². The summed E-state index contributed by atoms with van der Waals surface area (Å²) < 4.78 is 15.0.